The Hall–Kier alpha value is -3.23. The van der Waals surface area contributed by atoms with Gasteiger partial charge < -0.3 is 4.52 Å². The number of carbonyl (C=O) groups is 1. The van der Waals surface area contributed by atoms with Crippen LogP contribution in [0.3, 0.4) is 0 Å². The number of aryl methyl sites for hydroxylation is 2. The largest absolute Gasteiger partial charge is 0.377 e. The molecule has 0 saturated carbocycles. The fourth-order valence-corrected chi connectivity index (χ4v) is 2.61. The van der Waals surface area contributed by atoms with Crippen LogP contribution in [-0.4, -0.2) is 37.0 Å². The zero-order valence-corrected chi connectivity index (χ0v) is 14.4. The highest BCUT2D eigenvalue weighted by Crippen LogP contribution is 2.18. The topological polar surface area (TPSA) is 99.1 Å². The lowest BCUT2D eigenvalue weighted by Crippen LogP contribution is -2.44. The van der Waals surface area contributed by atoms with E-state index in [1.165, 1.54) is 4.90 Å². The lowest BCUT2D eigenvalue weighted by atomic mass is 10.2. The van der Waals surface area contributed by atoms with Gasteiger partial charge in [0.25, 0.3) is 0 Å². The zero-order valence-electron chi connectivity index (χ0n) is 14.4. The predicted molar refractivity (Wildman–Crippen MR) is 90.0 cm³/mol. The van der Waals surface area contributed by atoms with Crippen LogP contribution in [0.1, 0.15) is 25.3 Å². The molecule has 3 aromatic rings. The molecular formula is C16H18N6O3. The minimum absolute atomic E-state index is 0.175. The second-order valence-corrected chi connectivity index (χ2v) is 5.84. The standard InChI is InChI=1S/C16H18N6O3/c1-10(2)20(13-8-6-5-7-9-13)15(23)22-16(24)21(18-19-22)14-11(3)17-25-12(14)4/h5-10H,1-4H3. The maximum Gasteiger partial charge on any atom is 0.377 e. The van der Waals surface area contributed by atoms with Crippen molar-refractivity contribution in [3.8, 4) is 5.69 Å². The SMILES string of the molecule is Cc1noc(C)c1-n1nnn(C(=O)N(c2ccccc2)C(C)C)c1=O. The van der Waals surface area contributed by atoms with E-state index in [0.29, 0.717) is 22.8 Å². The first-order valence-corrected chi connectivity index (χ1v) is 7.78. The quantitative estimate of drug-likeness (QED) is 0.674. The molecule has 0 aliphatic carbocycles. The van der Waals surface area contributed by atoms with Crippen molar-refractivity contribution >= 4 is 11.7 Å². The molecule has 0 fully saturated rings. The lowest BCUT2D eigenvalue weighted by molar-refractivity contribution is 0.242. The van der Waals surface area contributed by atoms with E-state index in [1.807, 2.05) is 32.0 Å². The summed E-state index contributed by atoms with van der Waals surface area (Å²) in [5.74, 6) is 0.419. The second kappa shape index (κ2) is 6.34. The smallest absolute Gasteiger partial charge is 0.359 e. The van der Waals surface area contributed by atoms with Gasteiger partial charge in [-0.3, -0.25) is 4.90 Å². The Labute approximate surface area is 143 Å². The van der Waals surface area contributed by atoms with Crippen molar-refractivity contribution in [3.63, 3.8) is 0 Å². The van der Waals surface area contributed by atoms with Gasteiger partial charge >= 0.3 is 11.7 Å². The molecule has 9 nitrogen and oxygen atoms in total. The summed E-state index contributed by atoms with van der Waals surface area (Å²) in [6, 6.07) is 8.33. The van der Waals surface area contributed by atoms with Crippen molar-refractivity contribution in [3.05, 3.63) is 52.3 Å². The van der Waals surface area contributed by atoms with Crippen LogP contribution in [0.25, 0.3) is 5.69 Å². The molecule has 0 aliphatic rings. The third-order valence-electron chi connectivity index (χ3n) is 3.73. The van der Waals surface area contributed by atoms with E-state index in [1.54, 1.807) is 26.0 Å². The summed E-state index contributed by atoms with van der Waals surface area (Å²) in [7, 11) is 0. The highest BCUT2D eigenvalue weighted by Gasteiger charge is 2.26. The molecule has 0 aliphatic heterocycles. The Morgan fingerprint density at radius 3 is 2.40 bits per heavy atom. The highest BCUT2D eigenvalue weighted by atomic mass is 16.5. The van der Waals surface area contributed by atoms with Crippen LogP contribution in [0.5, 0.6) is 0 Å². The summed E-state index contributed by atoms with van der Waals surface area (Å²) in [4.78, 5) is 27.0. The number of nitrogens with zero attached hydrogens (tertiary/aromatic N) is 6. The van der Waals surface area contributed by atoms with Crippen LogP contribution in [0.15, 0.2) is 39.6 Å². The maximum absolute atomic E-state index is 12.9. The van der Waals surface area contributed by atoms with Gasteiger partial charge in [-0.25, -0.2) is 9.59 Å². The van der Waals surface area contributed by atoms with Crippen molar-refractivity contribution < 1.29 is 9.32 Å². The number of para-hydroxylation sites is 1. The fourth-order valence-electron chi connectivity index (χ4n) is 2.61. The normalized spacial score (nSPS) is 11.1. The Kier molecular flexibility index (Phi) is 4.22. The minimum atomic E-state index is -0.680. The van der Waals surface area contributed by atoms with Gasteiger partial charge in [-0.2, -0.15) is 4.68 Å². The summed E-state index contributed by atoms with van der Waals surface area (Å²) < 4.78 is 6.80. The highest BCUT2D eigenvalue weighted by molar-refractivity contribution is 5.93. The van der Waals surface area contributed by atoms with E-state index < -0.39 is 11.7 Å². The molecule has 130 valence electrons. The van der Waals surface area contributed by atoms with Crippen LogP contribution in [0, 0.1) is 13.8 Å². The summed E-state index contributed by atoms with van der Waals surface area (Å²) in [6.07, 6.45) is 0. The molecule has 1 aromatic carbocycles. The predicted octanol–water partition coefficient (Wildman–Crippen LogP) is 1.92. The average molecular weight is 342 g/mol. The monoisotopic (exact) mass is 342 g/mol. The molecule has 0 bridgehead atoms. The molecule has 2 heterocycles. The van der Waals surface area contributed by atoms with E-state index in [0.717, 1.165) is 9.36 Å². The van der Waals surface area contributed by atoms with Gasteiger partial charge in [0, 0.05) is 11.7 Å². The summed E-state index contributed by atoms with van der Waals surface area (Å²) in [5, 5.41) is 11.3. The average Bonchev–Trinajstić information content (AvgIpc) is 3.10. The molecule has 0 N–H and O–H groups in total. The number of rotatable bonds is 3. The van der Waals surface area contributed by atoms with Crippen LogP contribution < -0.4 is 10.6 Å². The third-order valence-corrected chi connectivity index (χ3v) is 3.73. The van der Waals surface area contributed by atoms with E-state index >= 15 is 0 Å². The summed E-state index contributed by atoms with van der Waals surface area (Å²) in [5.41, 5.74) is 0.866. The van der Waals surface area contributed by atoms with Crippen LogP contribution in [-0.2, 0) is 0 Å². The van der Waals surface area contributed by atoms with E-state index in [4.69, 9.17) is 4.52 Å². The minimum Gasteiger partial charge on any atom is -0.359 e. The number of amides is 1. The van der Waals surface area contributed by atoms with Gasteiger partial charge in [0.1, 0.15) is 11.4 Å². The molecular weight excluding hydrogens is 324 g/mol. The van der Waals surface area contributed by atoms with Crippen molar-refractivity contribution in [2.24, 2.45) is 0 Å². The van der Waals surface area contributed by atoms with Crippen LogP contribution in [0.4, 0.5) is 10.5 Å². The summed E-state index contributed by atoms with van der Waals surface area (Å²) in [6.45, 7) is 7.06. The van der Waals surface area contributed by atoms with E-state index in [2.05, 4.69) is 15.6 Å². The molecule has 0 radical (unpaired) electrons. The first kappa shape index (κ1) is 16.6. The molecule has 2 aromatic heterocycles. The molecule has 1 amide bonds. The van der Waals surface area contributed by atoms with Gasteiger partial charge in [0.2, 0.25) is 0 Å². The Bertz CT molecular complexity index is 934. The van der Waals surface area contributed by atoms with Crippen molar-refractivity contribution in [1.82, 2.24) is 24.9 Å². The number of carbonyl (C=O) groups excluding carboxylic acids is 1. The molecule has 0 unspecified atom stereocenters. The molecule has 3 rings (SSSR count). The first-order valence-electron chi connectivity index (χ1n) is 7.78. The van der Waals surface area contributed by atoms with Crippen LogP contribution >= 0.6 is 0 Å². The van der Waals surface area contributed by atoms with E-state index in [9.17, 15) is 9.59 Å². The van der Waals surface area contributed by atoms with Gasteiger partial charge in [0.05, 0.1) is 0 Å². The number of aromatic nitrogens is 5. The van der Waals surface area contributed by atoms with Gasteiger partial charge in [-0.15, -0.1) is 4.68 Å². The molecule has 0 saturated heterocycles. The lowest BCUT2D eigenvalue weighted by Gasteiger charge is -2.25. The van der Waals surface area contributed by atoms with Crippen molar-refractivity contribution in [2.75, 3.05) is 4.90 Å². The second-order valence-electron chi connectivity index (χ2n) is 5.84. The van der Waals surface area contributed by atoms with Crippen molar-refractivity contribution in [1.29, 1.82) is 0 Å². The summed E-state index contributed by atoms with van der Waals surface area (Å²) >= 11 is 0. The van der Waals surface area contributed by atoms with Gasteiger partial charge in [-0.1, -0.05) is 23.4 Å². The molecule has 0 atom stereocenters. The molecule has 9 heteroatoms. The van der Waals surface area contributed by atoms with E-state index in [-0.39, 0.29) is 6.04 Å². The van der Waals surface area contributed by atoms with Crippen LogP contribution in [0.2, 0.25) is 0 Å². The number of hydrogen-bond acceptors (Lipinski definition) is 6. The Balaban J connectivity index is 2.05. The number of benzene rings is 1. The number of hydrogen-bond donors (Lipinski definition) is 0. The maximum atomic E-state index is 12.9. The third kappa shape index (κ3) is 2.84. The Morgan fingerprint density at radius 2 is 1.84 bits per heavy atom. The number of anilines is 1. The molecule has 0 spiro atoms. The molecule has 25 heavy (non-hydrogen) atoms. The first-order chi connectivity index (χ1) is 11.9. The van der Waals surface area contributed by atoms with Gasteiger partial charge in [0.15, 0.2) is 5.76 Å². The Morgan fingerprint density at radius 1 is 1.16 bits per heavy atom. The van der Waals surface area contributed by atoms with Gasteiger partial charge in [-0.05, 0) is 50.3 Å². The fraction of sp³-hybridized carbons (Fsp3) is 0.312. The number of tetrazole rings is 1. The zero-order chi connectivity index (χ0) is 18.1. The van der Waals surface area contributed by atoms with Crippen molar-refractivity contribution in [2.45, 2.75) is 33.7 Å².